The predicted molar refractivity (Wildman–Crippen MR) is 230 cm³/mol. The molecule has 3 aliphatic carbocycles. The zero-order valence-corrected chi connectivity index (χ0v) is 37.5. The van der Waals surface area contributed by atoms with Crippen molar-refractivity contribution in [3.05, 3.63) is 119 Å². The molecule has 14 nitrogen and oxygen atoms in total. The fraction of sp³-hybridized carbons (Fsp3) is 0.480. The van der Waals surface area contributed by atoms with E-state index in [1.165, 1.54) is 6.92 Å². The Balaban J connectivity index is 1.39. The summed E-state index contributed by atoms with van der Waals surface area (Å²) in [7, 11) is 0. The number of ether oxygens (including phenoxy) is 6. The molecule has 0 radical (unpaired) electrons. The van der Waals surface area contributed by atoms with Gasteiger partial charge in [0.25, 0.3) is 5.91 Å². The standard InChI is InChI=1S/C50H57NO13/c1-9-59-46(57)64-49-27-60-36(49)25-28(2)48(8)40(49)42(63-45(56)34-23-17-12-18-24-34)50(58)26-35(29(3)37(47(50,6)7)39(41(48)53)61-31(5)52)62-44(55)30(4)38(32-19-13-10-14-20-32)51-43(54)33-21-15-11-16-22-33/h10-24,28,30,35-36,38-40,42,58H,9,25-27H2,1-8H3,(H,51,54)/t28-,30+,35-,36+,38+,39+,40?,42-,48+,49-,50+/m0/s1. The van der Waals surface area contributed by atoms with Crippen LogP contribution in [0.3, 0.4) is 0 Å². The molecular formula is C50H57NO13. The van der Waals surface area contributed by atoms with Crippen LogP contribution in [0, 0.1) is 28.6 Å². The maximum atomic E-state index is 15.8. The average Bonchev–Trinajstić information content (AvgIpc) is 3.27. The van der Waals surface area contributed by atoms with Crippen LogP contribution in [0.4, 0.5) is 4.79 Å². The number of hydrogen-bond acceptors (Lipinski definition) is 13. The molecule has 2 N–H and O–H groups in total. The Hall–Kier alpha value is -5.86. The SMILES string of the molecule is CCOC(=O)O[C@@]12CO[C@@H]1C[C@H](C)[C@@]1(C)C(=O)[C@H](OC(C)=O)C3=C(C)[C@@H](OC(=O)[C@H](C)[C@@H](NC(=O)c4ccccc4)c4ccccc4)C[C@@](O)([C@@H](OC(=O)c4ccccc4)C12)C3(C)C. The van der Waals surface area contributed by atoms with Crippen LogP contribution < -0.4 is 5.32 Å². The first kappa shape index (κ1) is 46.1. The van der Waals surface area contributed by atoms with E-state index in [9.17, 15) is 29.1 Å². The van der Waals surface area contributed by atoms with E-state index < -0.39 is 106 Å². The van der Waals surface area contributed by atoms with Crippen molar-refractivity contribution in [1.29, 1.82) is 0 Å². The van der Waals surface area contributed by atoms with Gasteiger partial charge in [-0.05, 0) is 74.1 Å². The lowest BCUT2D eigenvalue weighted by molar-refractivity contribution is -0.338. The molecule has 3 aromatic rings. The van der Waals surface area contributed by atoms with Crippen molar-refractivity contribution in [3.63, 3.8) is 0 Å². The summed E-state index contributed by atoms with van der Waals surface area (Å²) in [5, 5.41) is 16.9. The first-order valence-electron chi connectivity index (χ1n) is 21.8. The Morgan fingerprint density at radius 2 is 1.47 bits per heavy atom. The lowest BCUT2D eigenvalue weighted by Crippen LogP contribution is -2.81. The molecule has 3 fully saturated rings. The molecule has 0 aromatic heterocycles. The van der Waals surface area contributed by atoms with E-state index >= 15 is 4.79 Å². The van der Waals surface area contributed by atoms with Crippen molar-refractivity contribution in [3.8, 4) is 0 Å². The molecule has 1 aliphatic heterocycles. The Kier molecular flexibility index (Phi) is 12.7. The van der Waals surface area contributed by atoms with Crippen molar-refractivity contribution in [2.75, 3.05) is 13.2 Å². The smallest absolute Gasteiger partial charge is 0.457 e. The molecule has 1 unspecified atom stereocenters. The van der Waals surface area contributed by atoms with Crippen LogP contribution in [0.5, 0.6) is 0 Å². The molecule has 1 heterocycles. The van der Waals surface area contributed by atoms with Gasteiger partial charge in [0.1, 0.15) is 23.9 Å². The second-order valence-electron chi connectivity index (χ2n) is 18.3. The summed E-state index contributed by atoms with van der Waals surface area (Å²) in [6, 6.07) is 24.8. The number of hydrogen-bond donors (Lipinski definition) is 2. The minimum atomic E-state index is -2.24. The number of nitrogens with one attached hydrogen (secondary N) is 1. The van der Waals surface area contributed by atoms with Gasteiger partial charge in [-0.3, -0.25) is 19.2 Å². The molecule has 340 valence electrons. The number of esters is 3. The van der Waals surface area contributed by atoms with Crippen LogP contribution in [0.2, 0.25) is 0 Å². The molecule has 1 saturated heterocycles. The summed E-state index contributed by atoms with van der Waals surface area (Å²) in [6.45, 7) is 12.6. The maximum Gasteiger partial charge on any atom is 0.509 e. The van der Waals surface area contributed by atoms with Gasteiger partial charge in [-0.1, -0.05) is 94.4 Å². The zero-order valence-electron chi connectivity index (χ0n) is 37.5. The fourth-order valence-corrected chi connectivity index (χ4v) is 10.7. The van der Waals surface area contributed by atoms with E-state index in [1.54, 1.807) is 126 Å². The normalized spacial score (nSPS) is 31.2. The van der Waals surface area contributed by atoms with Crippen LogP contribution in [0.15, 0.2) is 102 Å². The molecule has 64 heavy (non-hydrogen) atoms. The first-order chi connectivity index (χ1) is 30.3. The van der Waals surface area contributed by atoms with Crippen molar-refractivity contribution >= 4 is 35.8 Å². The summed E-state index contributed by atoms with van der Waals surface area (Å²) in [5.74, 6) is -6.32. The Morgan fingerprint density at radius 1 is 0.875 bits per heavy atom. The third kappa shape index (κ3) is 7.78. The van der Waals surface area contributed by atoms with Crippen LogP contribution in [0.25, 0.3) is 0 Å². The van der Waals surface area contributed by atoms with Gasteiger partial charge >= 0.3 is 24.1 Å². The largest absolute Gasteiger partial charge is 0.509 e. The van der Waals surface area contributed by atoms with Gasteiger partial charge < -0.3 is 38.8 Å². The predicted octanol–water partition coefficient (Wildman–Crippen LogP) is 6.90. The number of benzene rings is 3. The van der Waals surface area contributed by atoms with Crippen LogP contribution in [-0.4, -0.2) is 89.7 Å². The summed E-state index contributed by atoms with van der Waals surface area (Å²) < 4.78 is 36.6. The number of carbonyl (C=O) groups is 6. The highest BCUT2D eigenvalue weighted by atomic mass is 16.8. The molecule has 4 aliphatic rings. The molecule has 0 spiro atoms. The maximum absolute atomic E-state index is 15.8. The molecule has 2 bridgehead atoms. The van der Waals surface area contributed by atoms with Gasteiger partial charge in [-0.2, -0.15) is 0 Å². The average molecular weight is 880 g/mol. The molecule has 2 saturated carbocycles. The van der Waals surface area contributed by atoms with Crippen molar-refractivity contribution in [2.45, 2.75) is 110 Å². The van der Waals surface area contributed by atoms with E-state index in [2.05, 4.69) is 5.32 Å². The monoisotopic (exact) mass is 879 g/mol. The van der Waals surface area contributed by atoms with Crippen LogP contribution in [-0.2, 0) is 42.8 Å². The summed E-state index contributed by atoms with van der Waals surface area (Å²) in [5.41, 5.74) is -5.44. The lowest BCUT2D eigenvalue weighted by atomic mass is 9.43. The van der Waals surface area contributed by atoms with Gasteiger partial charge in [0, 0.05) is 29.7 Å². The van der Waals surface area contributed by atoms with E-state index in [0.29, 0.717) is 16.7 Å². The van der Waals surface area contributed by atoms with Crippen molar-refractivity contribution in [1.82, 2.24) is 5.32 Å². The summed E-state index contributed by atoms with van der Waals surface area (Å²) >= 11 is 0. The number of aliphatic hydroxyl groups is 1. The van der Waals surface area contributed by atoms with Gasteiger partial charge in [-0.25, -0.2) is 9.59 Å². The van der Waals surface area contributed by atoms with E-state index in [1.807, 2.05) is 13.0 Å². The van der Waals surface area contributed by atoms with E-state index in [-0.39, 0.29) is 37.2 Å². The minimum Gasteiger partial charge on any atom is -0.457 e. The molecule has 1 amide bonds. The van der Waals surface area contributed by atoms with Crippen molar-refractivity contribution < 1.29 is 62.3 Å². The Bertz CT molecular complexity index is 2310. The number of Topliss-reactive ketones (excluding diaryl/α,β-unsaturated/α-hetero) is 1. The number of amides is 1. The van der Waals surface area contributed by atoms with Crippen molar-refractivity contribution in [2.24, 2.45) is 28.6 Å². The van der Waals surface area contributed by atoms with Gasteiger partial charge in [-0.15, -0.1) is 0 Å². The first-order valence-corrected chi connectivity index (χ1v) is 21.8. The topological polar surface area (TPSA) is 190 Å². The van der Waals surface area contributed by atoms with Crippen LogP contribution in [0.1, 0.15) is 101 Å². The van der Waals surface area contributed by atoms with Crippen LogP contribution >= 0.6 is 0 Å². The summed E-state index contributed by atoms with van der Waals surface area (Å²) in [4.78, 5) is 85.0. The van der Waals surface area contributed by atoms with Gasteiger partial charge in [0.15, 0.2) is 17.5 Å². The highest BCUT2D eigenvalue weighted by Crippen LogP contribution is 2.65. The molecule has 7 rings (SSSR count). The number of ketones is 1. The number of rotatable bonds is 11. The second kappa shape index (κ2) is 17.6. The third-order valence-corrected chi connectivity index (χ3v) is 14.5. The van der Waals surface area contributed by atoms with E-state index in [0.717, 1.165) is 0 Å². The molecule has 3 aromatic carbocycles. The fourth-order valence-electron chi connectivity index (χ4n) is 10.7. The molecule has 14 heteroatoms. The summed E-state index contributed by atoms with van der Waals surface area (Å²) in [6.07, 6.45) is -6.61. The quantitative estimate of drug-likeness (QED) is 0.115. The van der Waals surface area contributed by atoms with Gasteiger partial charge in [0.05, 0.1) is 36.7 Å². The number of carbonyl (C=O) groups excluding carboxylic acids is 6. The molecular weight excluding hydrogens is 823 g/mol. The highest BCUT2D eigenvalue weighted by molar-refractivity contribution is 5.96. The Labute approximate surface area is 373 Å². The highest BCUT2D eigenvalue weighted by Gasteiger charge is 2.78. The lowest BCUT2D eigenvalue weighted by Gasteiger charge is -2.67. The van der Waals surface area contributed by atoms with E-state index in [4.69, 9.17) is 28.4 Å². The van der Waals surface area contributed by atoms with Gasteiger partial charge in [0.2, 0.25) is 0 Å². The Morgan fingerprint density at radius 3 is 2.03 bits per heavy atom. The molecule has 11 atom stereocenters. The number of fused-ring (bicyclic) bond motifs is 5. The zero-order chi connectivity index (χ0) is 46.4. The third-order valence-electron chi connectivity index (χ3n) is 14.5. The second-order valence-corrected chi connectivity index (χ2v) is 18.3. The minimum absolute atomic E-state index is 0.0322.